The van der Waals surface area contributed by atoms with Gasteiger partial charge in [0.15, 0.2) is 0 Å². The van der Waals surface area contributed by atoms with Gasteiger partial charge in [-0.25, -0.2) is 0 Å². The van der Waals surface area contributed by atoms with Crippen LogP contribution >= 0.6 is 0 Å². The lowest BCUT2D eigenvalue weighted by atomic mass is 9.75. The average Bonchev–Trinajstić information content (AvgIpc) is 2.46. The molecule has 1 aliphatic carbocycles. The smallest absolute Gasteiger partial charge is 0.123 e. The minimum Gasteiger partial charge on any atom is -0.496 e. The van der Waals surface area contributed by atoms with Gasteiger partial charge >= 0.3 is 0 Å². The van der Waals surface area contributed by atoms with E-state index in [1.54, 1.807) is 7.11 Å². The third-order valence-corrected chi connectivity index (χ3v) is 4.43. The van der Waals surface area contributed by atoms with Gasteiger partial charge in [0.2, 0.25) is 0 Å². The summed E-state index contributed by atoms with van der Waals surface area (Å²) in [6, 6.07) is 17.8. The van der Waals surface area contributed by atoms with Gasteiger partial charge in [-0.3, -0.25) is 0 Å². The summed E-state index contributed by atoms with van der Waals surface area (Å²) < 4.78 is 5.39. The topological polar surface area (TPSA) is 21.3 Å². The van der Waals surface area contributed by atoms with Crippen molar-refractivity contribution < 1.29 is 4.74 Å². The molecule has 21 heavy (non-hydrogen) atoms. The maximum absolute atomic E-state index is 5.39. The summed E-state index contributed by atoms with van der Waals surface area (Å²) in [5, 5.41) is 3.64. The van der Waals surface area contributed by atoms with Crippen molar-refractivity contribution >= 4 is 0 Å². The normalized spacial score (nSPS) is 20.9. The van der Waals surface area contributed by atoms with Gasteiger partial charge in [0.25, 0.3) is 0 Å². The van der Waals surface area contributed by atoms with E-state index in [4.69, 9.17) is 4.74 Å². The molecule has 2 aromatic carbocycles. The van der Waals surface area contributed by atoms with E-state index >= 15 is 0 Å². The number of benzene rings is 2. The molecule has 2 aromatic rings. The van der Waals surface area contributed by atoms with E-state index in [0.29, 0.717) is 6.04 Å². The van der Waals surface area contributed by atoms with Crippen LogP contribution in [-0.4, -0.2) is 13.2 Å². The molecule has 0 atom stereocenters. The van der Waals surface area contributed by atoms with Gasteiger partial charge in [0, 0.05) is 18.2 Å². The Morgan fingerprint density at radius 1 is 1.10 bits per heavy atom. The standard InChI is InChI=1S/C19H23NO/c1-14-6-5-8-15(10-14)17-11-18(12-17)20-13-16-7-3-4-9-19(16)21-2/h3-10,17-18,20H,11-13H2,1-2H3. The number of aryl methyl sites for hydroxylation is 1. The molecule has 2 nitrogen and oxygen atoms in total. The fraction of sp³-hybridized carbons (Fsp3) is 0.368. The highest BCUT2D eigenvalue weighted by Crippen LogP contribution is 2.37. The van der Waals surface area contributed by atoms with E-state index in [1.165, 1.54) is 29.5 Å². The quantitative estimate of drug-likeness (QED) is 0.893. The number of hydrogen-bond acceptors (Lipinski definition) is 2. The van der Waals surface area contributed by atoms with Gasteiger partial charge in [-0.2, -0.15) is 0 Å². The molecule has 1 aliphatic rings. The summed E-state index contributed by atoms with van der Waals surface area (Å²) in [7, 11) is 1.73. The molecule has 1 N–H and O–H groups in total. The largest absolute Gasteiger partial charge is 0.496 e. The number of hydrogen-bond donors (Lipinski definition) is 1. The van der Waals surface area contributed by atoms with E-state index in [2.05, 4.69) is 48.6 Å². The van der Waals surface area contributed by atoms with Gasteiger partial charge in [0.05, 0.1) is 7.11 Å². The fourth-order valence-electron chi connectivity index (χ4n) is 3.08. The number of methoxy groups -OCH3 is 1. The van der Waals surface area contributed by atoms with E-state index in [1.807, 2.05) is 12.1 Å². The molecule has 0 spiro atoms. The van der Waals surface area contributed by atoms with Crippen LogP contribution in [0.15, 0.2) is 48.5 Å². The Morgan fingerprint density at radius 2 is 1.90 bits per heavy atom. The lowest BCUT2D eigenvalue weighted by Crippen LogP contribution is -2.39. The summed E-state index contributed by atoms with van der Waals surface area (Å²) in [6.07, 6.45) is 2.47. The second kappa shape index (κ2) is 6.31. The molecular weight excluding hydrogens is 258 g/mol. The number of nitrogens with one attached hydrogen (secondary N) is 1. The van der Waals surface area contributed by atoms with E-state index in [0.717, 1.165) is 18.2 Å². The highest BCUT2D eigenvalue weighted by atomic mass is 16.5. The van der Waals surface area contributed by atoms with Crippen LogP contribution in [0.2, 0.25) is 0 Å². The van der Waals surface area contributed by atoms with Crippen LogP contribution in [0.25, 0.3) is 0 Å². The van der Waals surface area contributed by atoms with Crippen molar-refractivity contribution in [2.75, 3.05) is 7.11 Å². The Kier molecular flexibility index (Phi) is 4.26. The first-order valence-corrected chi connectivity index (χ1v) is 7.68. The third kappa shape index (κ3) is 3.27. The maximum Gasteiger partial charge on any atom is 0.123 e. The molecule has 110 valence electrons. The molecule has 0 amide bonds. The molecule has 0 saturated heterocycles. The molecule has 0 aliphatic heterocycles. The van der Waals surface area contributed by atoms with Crippen LogP contribution in [0.4, 0.5) is 0 Å². The molecule has 0 heterocycles. The van der Waals surface area contributed by atoms with E-state index in [9.17, 15) is 0 Å². The lowest BCUT2D eigenvalue weighted by molar-refractivity contribution is 0.288. The highest BCUT2D eigenvalue weighted by molar-refractivity contribution is 5.33. The van der Waals surface area contributed by atoms with Gasteiger partial charge < -0.3 is 10.1 Å². The molecule has 0 bridgehead atoms. The molecule has 0 aromatic heterocycles. The molecular formula is C19H23NO. The monoisotopic (exact) mass is 281 g/mol. The minimum absolute atomic E-state index is 0.625. The van der Waals surface area contributed by atoms with E-state index in [-0.39, 0.29) is 0 Å². The zero-order valence-corrected chi connectivity index (χ0v) is 12.8. The Balaban J connectivity index is 1.51. The molecule has 1 fully saturated rings. The molecule has 3 rings (SSSR count). The van der Waals surface area contributed by atoms with Crippen LogP contribution in [0, 0.1) is 6.92 Å². The molecule has 1 saturated carbocycles. The zero-order chi connectivity index (χ0) is 14.7. The minimum atomic E-state index is 0.625. The van der Waals surface area contributed by atoms with Crippen molar-refractivity contribution in [3.63, 3.8) is 0 Å². The van der Waals surface area contributed by atoms with Crippen molar-refractivity contribution in [2.24, 2.45) is 0 Å². The number of ether oxygens (including phenoxy) is 1. The predicted octanol–water partition coefficient (Wildman–Crippen LogP) is 4.04. The van der Waals surface area contributed by atoms with E-state index < -0.39 is 0 Å². The SMILES string of the molecule is COc1ccccc1CNC1CC(c2cccc(C)c2)C1. The van der Waals surface area contributed by atoms with Crippen LogP contribution in [0.5, 0.6) is 5.75 Å². The van der Waals surface area contributed by atoms with Crippen molar-refractivity contribution in [3.8, 4) is 5.75 Å². The van der Waals surface area contributed by atoms with Crippen molar-refractivity contribution in [1.82, 2.24) is 5.32 Å². The summed E-state index contributed by atoms with van der Waals surface area (Å²) in [6.45, 7) is 3.05. The number of para-hydroxylation sites is 1. The first-order chi connectivity index (χ1) is 10.3. The predicted molar refractivity (Wildman–Crippen MR) is 86.8 cm³/mol. The summed E-state index contributed by atoms with van der Waals surface area (Å²) >= 11 is 0. The first-order valence-electron chi connectivity index (χ1n) is 7.68. The summed E-state index contributed by atoms with van der Waals surface area (Å²) in [4.78, 5) is 0. The first kappa shape index (κ1) is 14.2. The fourth-order valence-corrected chi connectivity index (χ4v) is 3.08. The second-order valence-corrected chi connectivity index (χ2v) is 5.97. The molecule has 0 unspecified atom stereocenters. The molecule has 2 heteroatoms. The number of rotatable bonds is 5. The van der Waals surface area contributed by atoms with Crippen LogP contribution < -0.4 is 10.1 Å². The Bertz CT molecular complexity index is 602. The second-order valence-electron chi connectivity index (χ2n) is 5.97. The van der Waals surface area contributed by atoms with Gasteiger partial charge in [-0.1, -0.05) is 48.0 Å². The van der Waals surface area contributed by atoms with Gasteiger partial charge in [-0.05, 0) is 37.3 Å². The summed E-state index contributed by atoms with van der Waals surface area (Å²) in [5.74, 6) is 1.69. The van der Waals surface area contributed by atoms with Gasteiger partial charge in [-0.15, -0.1) is 0 Å². The van der Waals surface area contributed by atoms with Crippen LogP contribution in [0.3, 0.4) is 0 Å². The van der Waals surface area contributed by atoms with Crippen LogP contribution in [-0.2, 0) is 6.54 Å². The highest BCUT2D eigenvalue weighted by Gasteiger charge is 2.29. The Hall–Kier alpha value is -1.80. The Labute approximate surface area is 127 Å². The third-order valence-electron chi connectivity index (χ3n) is 4.43. The molecule has 0 radical (unpaired) electrons. The average molecular weight is 281 g/mol. The summed E-state index contributed by atoms with van der Waals surface area (Å²) in [5.41, 5.74) is 4.09. The van der Waals surface area contributed by atoms with Crippen molar-refractivity contribution in [2.45, 2.75) is 38.3 Å². The van der Waals surface area contributed by atoms with Crippen molar-refractivity contribution in [1.29, 1.82) is 0 Å². The van der Waals surface area contributed by atoms with Crippen LogP contribution in [0.1, 0.15) is 35.4 Å². The lowest BCUT2D eigenvalue weighted by Gasteiger charge is -2.36. The van der Waals surface area contributed by atoms with Crippen molar-refractivity contribution in [3.05, 3.63) is 65.2 Å². The van der Waals surface area contributed by atoms with Gasteiger partial charge in [0.1, 0.15) is 5.75 Å². The Morgan fingerprint density at radius 3 is 2.67 bits per heavy atom. The zero-order valence-electron chi connectivity index (χ0n) is 12.8. The maximum atomic E-state index is 5.39.